The number of carbonyl (C=O) groups excluding carboxylic acids is 1. The lowest BCUT2D eigenvalue weighted by atomic mass is 10.3. The second-order valence-electron chi connectivity index (χ2n) is 4.78. The molecule has 1 rings (SSSR count). The fourth-order valence-corrected chi connectivity index (χ4v) is 3.41. The molecule has 0 aliphatic carbocycles. The van der Waals surface area contributed by atoms with Crippen molar-refractivity contribution in [2.24, 2.45) is 0 Å². The van der Waals surface area contributed by atoms with Crippen LogP contribution in [0, 0.1) is 0 Å². The van der Waals surface area contributed by atoms with E-state index in [9.17, 15) is 13.2 Å². The number of nitrogens with one attached hydrogen (secondary N) is 2. The number of carbonyl (C=O) groups is 1. The molecule has 0 heterocycles. The zero-order valence-corrected chi connectivity index (χ0v) is 15.1. The van der Waals surface area contributed by atoms with Crippen molar-refractivity contribution in [2.75, 3.05) is 18.4 Å². The van der Waals surface area contributed by atoms with E-state index in [1.807, 2.05) is 0 Å². The highest BCUT2D eigenvalue weighted by molar-refractivity contribution is 7.89. The molecule has 1 aromatic rings. The van der Waals surface area contributed by atoms with Crippen LogP contribution < -0.4 is 10.6 Å². The van der Waals surface area contributed by atoms with Crippen LogP contribution in [-0.4, -0.2) is 36.8 Å². The van der Waals surface area contributed by atoms with E-state index in [4.69, 9.17) is 12.2 Å². The van der Waals surface area contributed by atoms with E-state index in [2.05, 4.69) is 23.8 Å². The molecule has 1 amide bonds. The van der Waals surface area contributed by atoms with Crippen LogP contribution in [0.3, 0.4) is 0 Å². The van der Waals surface area contributed by atoms with Gasteiger partial charge in [0.1, 0.15) is 0 Å². The monoisotopic (exact) mass is 367 g/mol. The van der Waals surface area contributed by atoms with Gasteiger partial charge in [0.25, 0.3) is 0 Å². The summed E-state index contributed by atoms with van der Waals surface area (Å²) in [6.07, 6.45) is 3.36. The van der Waals surface area contributed by atoms with Gasteiger partial charge in [-0.2, -0.15) is 4.31 Å². The molecule has 0 spiro atoms. The highest BCUT2D eigenvalue weighted by atomic mass is 32.2. The Morgan fingerprint density at radius 2 is 1.75 bits per heavy atom. The van der Waals surface area contributed by atoms with Gasteiger partial charge < -0.3 is 10.6 Å². The highest BCUT2D eigenvalue weighted by Crippen LogP contribution is 2.18. The van der Waals surface area contributed by atoms with Crippen molar-refractivity contribution in [3.05, 3.63) is 49.6 Å². The van der Waals surface area contributed by atoms with E-state index >= 15 is 0 Å². The normalized spacial score (nSPS) is 10.9. The molecule has 0 aliphatic rings. The maximum atomic E-state index is 12.6. The Hall–Kier alpha value is -2.03. The van der Waals surface area contributed by atoms with Crippen LogP contribution in [0.15, 0.2) is 54.5 Å². The number of amides is 1. The molecule has 130 valence electrons. The van der Waals surface area contributed by atoms with Crippen LogP contribution in [-0.2, 0) is 14.8 Å². The van der Waals surface area contributed by atoms with E-state index in [0.717, 1.165) is 0 Å². The first-order valence-electron chi connectivity index (χ1n) is 7.28. The van der Waals surface area contributed by atoms with Crippen molar-refractivity contribution < 1.29 is 13.2 Å². The fourth-order valence-electron chi connectivity index (χ4n) is 1.80. The first-order chi connectivity index (χ1) is 11.3. The molecule has 0 fully saturated rings. The summed E-state index contributed by atoms with van der Waals surface area (Å²) in [5, 5.41) is 5.50. The number of hydrogen-bond donors (Lipinski definition) is 2. The van der Waals surface area contributed by atoms with Crippen LogP contribution >= 0.6 is 12.2 Å². The number of nitrogens with zero attached hydrogens (tertiary/aromatic N) is 1. The summed E-state index contributed by atoms with van der Waals surface area (Å²) >= 11 is 5.00. The third-order valence-corrected chi connectivity index (χ3v) is 5.04. The molecule has 0 radical (unpaired) electrons. The summed E-state index contributed by atoms with van der Waals surface area (Å²) in [4.78, 5) is 11.4. The fraction of sp³-hybridized carbons (Fsp3) is 0.250. The molecule has 0 unspecified atom stereocenters. The summed E-state index contributed by atoms with van der Waals surface area (Å²) < 4.78 is 26.4. The lowest BCUT2D eigenvalue weighted by molar-refractivity contribution is -0.119. The van der Waals surface area contributed by atoms with Gasteiger partial charge in [-0.25, -0.2) is 8.42 Å². The minimum absolute atomic E-state index is 0.153. The van der Waals surface area contributed by atoms with Crippen molar-refractivity contribution in [1.29, 1.82) is 0 Å². The highest BCUT2D eigenvalue weighted by Gasteiger charge is 2.22. The Morgan fingerprint density at radius 3 is 2.21 bits per heavy atom. The Morgan fingerprint density at radius 1 is 1.21 bits per heavy atom. The van der Waals surface area contributed by atoms with Crippen LogP contribution in [0.1, 0.15) is 13.3 Å². The van der Waals surface area contributed by atoms with Gasteiger partial charge in [-0.1, -0.05) is 19.1 Å². The summed E-state index contributed by atoms with van der Waals surface area (Å²) in [6.45, 7) is 9.25. The number of sulfonamides is 1. The van der Waals surface area contributed by atoms with Crippen molar-refractivity contribution in [2.45, 2.75) is 18.2 Å². The van der Waals surface area contributed by atoms with E-state index in [1.165, 1.54) is 28.6 Å². The molecule has 0 aromatic heterocycles. The average molecular weight is 367 g/mol. The zero-order valence-electron chi connectivity index (χ0n) is 13.5. The van der Waals surface area contributed by atoms with E-state index in [1.54, 1.807) is 19.1 Å². The molecule has 2 N–H and O–H groups in total. The molecule has 24 heavy (non-hydrogen) atoms. The molecular weight excluding hydrogens is 346 g/mol. The quantitative estimate of drug-likeness (QED) is 0.544. The predicted molar refractivity (Wildman–Crippen MR) is 100 cm³/mol. The Labute approximate surface area is 148 Å². The molecule has 0 bridgehead atoms. The average Bonchev–Trinajstić information content (AvgIpc) is 2.54. The van der Waals surface area contributed by atoms with Crippen LogP contribution in [0.25, 0.3) is 0 Å². The maximum Gasteiger partial charge on any atom is 0.243 e. The van der Waals surface area contributed by atoms with Gasteiger partial charge in [0.15, 0.2) is 5.11 Å². The largest absolute Gasteiger partial charge is 0.332 e. The molecule has 0 aliphatic heterocycles. The molecular formula is C16H21N3O3S2. The van der Waals surface area contributed by atoms with Gasteiger partial charge in [0.05, 0.1) is 4.90 Å². The Balaban J connectivity index is 2.89. The molecule has 0 saturated heterocycles. The molecule has 0 atom stereocenters. The Kier molecular flexibility index (Phi) is 7.76. The third-order valence-electron chi connectivity index (χ3n) is 2.99. The van der Waals surface area contributed by atoms with Gasteiger partial charge in [0.2, 0.25) is 15.9 Å². The predicted octanol–water partition coefficient (Wildman–Crippen LogP) is 2.27. The Bertz CT molecular complexity index is 703. The number of hydrogen-bond acceptors (Lipinski definition) is 4. The van der Waals surface area contributed by atoms with Crippen molar-refractivity contribution in [3.8, 4) is 0 Å². The lowest BCUT2D eigenvalue weighted by Gasteiger charge is -2.19. The standard InChI is InChI=1S/C16H21N3O3S2/c1-4-11-19(12-5-2)24(21,22)14-9-7-13(8-10-14)17-16(23)18-15(20)6-3/h4-5,7-10H,1-2,6,11-12H2,3H3,(H2,17,18,20,23). The van der Waals surface area contributed by atoms with Gasteiger partial charge in [-0.15, -0.1) is 13.2 Å². The minimum atomic E-state index is -3.63. The van der Waals surface area contributed by atoms with Crippen LogP contribution in [0.5, 0.6) is 0 Å². The zero-order chi connectivity index (χ0) is 18.2. The van der Waals surface area contributed by atoms with Gasteiger partial charge >= 0.3 is 0 Å². The maximum absolute atomic E-state index is 12.6. The lowest BCUT2D eigenvalue weighted by Crippen LogP contribution is -2.33. The smallest absolute Gasteiger partial charge is 0.243 e. The van der Waals surface area contributed by atoms with Gasteiger partial charge in [0, 0.05) is 25.2 Å². The second kappa shape index (κ2) is 9.31. The molecule has 0 saturated carbocycles. The van der Waals surface area contributed by atoms with E-state index in [-0.39, 0.29) is 29.0 Å². The first kappa shape index (κ1) is 20.0. The first-order valence-corrected chi connectivity index (χ1v) is 9.12. The van der Waals surface area contributed by atoms with Crippen molar-refractivity contribution >= 4 is 38.9 Å². The number of rotatable bonds is 8. The van der Waals surface area contributed by atoms with Gasteiger partial charge in [-0.05, 0) is 36.5 Å². The van der Waals surface area contributed by atoms with E-state index < -0.39 is 10.0 Å². The summed E-state index contributed by atoms with van der Waals surface area (Å²) in [5.41, 5.74) is 0.578. The van der Waals surface area contributed by atoms with Crippen LogP contribution in [0.2, 0.25) is 0 Å². The minimum Gasteiger partial charge on any atom is -0.332 e. The molecule has 8 heteroatoms. The van der Waals surface area contributed by atoms with Crippen LogP contribution in [0.4, 0.5) is 5.69 Å². The third kappa shape index (κ3) is 5.55. The number of anilines is 1. The van der Waals surface area contributed by atoms with E-state index in [0.29, 0.717) is 12.1 Å². The second-order valence-corrected chi connectivity index (χ2v) is 7.13. The summed E-state index contributed by atoms with van der Waals surface area (Å²) in [7, 11) is -3.63. The summed E-state index contributed by atoms with van der Waals surface area (Å²) in [6, 6.07) is 6.11. The van der Waals surface area contributed by atoms with Gasteiger partial charge in [-0.3, -0.25) is 4.79 Å². The molecule has 1 aromatic carbocycles. The number of thiocarbonyl (C=S) groups is 1. The van der Waals surface area contributed by atoms with Crippen molar-refractivity contribution in [1.82, 2.24) is 9.62 Å². The molecule has 6 nitrogen and oxygen atoms in total. The summed E-state index contributed by atoms with van der Waals surface area (Å²) in [5.74, 6) is -0.198. The van der Waals surface area contributed by atoms with Crippen molar-refractivity contribution in [3.63, 3.8) is 0 Å². The number of benzene rings is 1. The topological polar surface area (TPSA) is 78.5 Å². The SMILES string of the molecule is C=CCN(CC=C)S(=O)(=O)c1ccc(NC(=S)NC(=O)CC)cc1.